The number of carbonyl (C=O) groups is 1. The van der Waals surface area contributed by atoms with Gasteiger partial charge in [-0.1, -0.05) is 15.9 Å². The van der Waals surface area contributed by atoms with Crippen molar-refractivity contribution < 1.29 is 9.53 Å². The van der Waals surface area contributed by atoms with E-state index in [2.05, 4.69) is 26.3 Å². The minimum absolute atomic E-state index is 0.157. The van der Waals surface area contributed by atoms with Crippen molar-refractivity contribution in [2.45, 2.75) is 13.5 Å². The molecule has 1 aromatic carbocycles. The lowest BCUT2D eigenvalue weighted by Gasteiger charge is -2.10. The molecule has 1 heterocycles. The molecule has 20 heavy (non-hydrogen) atoms. The van der Waals surface area contributed by atoms with Crippen LogP contribution in [0.2, 0.25) is 0 Å². The average molecular weight is 338 g/mol. The highest BCUT2D eigenvalue weighted by molar-refractivity contribution is 9.10. The lowest BCUT2D eigenvalue weighted by atomic mass is 10.2. The van der Waals surface area contributed by atoms with Gasteiger partial charge in [-0.3, -0.25) is 9.48 Å². The fraction of sp³-hybridized carbons (Fsp3) is 0.286. The molecule has 0 spiro atoms. The topological polar surface area (TPSA) is 56.1 Å². The highest BCUT2D eigenvalue weighted by Crippen LogP contribution is 2.22. The summed E-state index contributed by atoms with van der Waals surface area (Å²) in [5.41, 5.74) is 2.27. The number of ether oxygens (including phenoxy) is 1. The fourth-order valence-corrected chi connectivity index (χ4v) is 2.38. The van der Waals surface area contributed by atoms with E-state index in [-0.39, 0.29) is 5.91 Å². The van der Waals surface area contributed by atoms with E-state index >= 15 is 0 Å². The number of benzene rings is 1. The number of hydrogen-bond acceptors (Lipinski definition) is 3. The van der Waals surface area contributed by atoms with Gasteiger partial charge in [-0.2, -0.15) is 5.10 Å². The van der Waals surface area contributed by atoms with Gasteiger partial charge < -0.3 is 10.1 Å². The van der Waals surface area contributed by atoms with Crippen molar-refractivity contribution in [3.63, 3.8) is 0 Å². The van der Waals surface area contributed by atoms with E-state index in [1.54, 1.807) is 24.9 Å². The van der Waals surface area contributed by atoms with Gasteiger partial charge >= 0.3 is 0 Å². The number of nitrogens with one attached hydrogen (secondary N) is 1. The maximum absolute atomic E-state index is 12.1. The van der Waals surface area contributed by atoms with Crippen molar-refractivity contribution >= 4 is 21.8 Å². The molecule has 0 radical (unpaired) electrons. The van der Waals surface area contributed by atoms with E-state index in [0.29, 0.717) is 12.2 Å². The van der Waals surface area contributed by atoms with Gasteiger partial charge in [0.2, 0.25) is 0 Å². The zero-order valence-corrected chi connectivity index (χ0v) is 13.2. The number of carbonyl (C=O) groups excluding carboxylic acids is 1. The van der Waals surface area contributed by atoms with Crippen molar-refractivity contribution in [1.29, 1.82) is 0 Å². The van der Waals surface area contributed by atoms with E-state index in [9.17, 15) is 4.79 Å². The second-order valence-corrected chi connectivity index (χ2v) is 5.35. The third-order valence-electron chi connectivity index (χ3n) is 2.92. The number of nitrogens with zero attached hydrogens (tertiary/aromatic N) is 2. The quantitative estimate of drug-likeness (QED) is 0.932. The van der Waals surface area contributed by atoms with E-state index in [0.717, 1.165) is 21.5 Å². The Hall–Kier alpha value is -1.82. The average Bonchev–Trinajstić information content (AvgIpc) is 2.75. The molecule has 5 nitrogen and oxygen atoms in total. The minimum Gasteiger partial charge on any atom is -0.496 e. The van der Waals surface area contributed by atoms with E-state index in [4.69, 9.17) is 4.74 Å². The molecule has 1 amide bonds. The summed E-state index contributed by atoms with van der Waals surface area (Å²) in [4.78, 5) is 12.1. The monoisotopic (exact) mass is 337 g/mol. The second-order valence-electron chi connectivity index (χ2n) is 4.43. The highest BCUT2D eigenvalue weighted by Gasteiger charge is 2.12. The molecule has 1 aromatic heterocycles. The summed E-state index contributed by atoms with van der Waals surface area (Å²) in [5.74, 6) is 0.588. The number of hydrogen-bond donors (Lipinski definition) is 1. The van der Waals surface area contributed by atoms with Crippen molar-refractivity contribution in [3.05, 3.63) is 45.7 Å². The Bertz CT molecular complexity index is 637. The van der Waals surface area contributed by atoms with Gasteiger partial charge in [0, 0.05) is 23.6 Å². The Morgan fingerprint density at radius 3 is 2.80 bits per heavy atom. The molecule has 6 heteroatoms. The predicted octanol–water partition coefficient (Wildman–Crippen LogP) is 2.43. The van der Waals surface area contributed by atoms with Crippen LogP contribution in [0, 0.1) is 6.92 Å². The first-order valence-corrected chi connectivity index (χ1v) is 6.92. The van der Waals surface area contributed by atoms with E-state index < -0.39 is 0 Å². The molecule has 0 aliphatic carbocycles. The molecule has 0 bridgehead atoms. The van der Waals surface area contributed by atoms with Crippen LogP contribution in [0.25, 0.3) is 0 Å². The molecule has 0 unspecified atom stereocenters. The lowest BCUT2D eigenvalue weighted by Crippen LogP contribution is -2.25. The number of aryl methyl sites for hydroxylation is 2. The van der Waals surface area contributed by atoms with Gasteiger partial charge in [-0.05, 0) is 31.2 Å². The first-order chi connectivity index (χ1) is 9.51. The van der Waals surface area contributed by atoms with Crippen LogP contribution in [0.1, 0.15) is 21.7 Å². The normalized spacial score (nSPS) is 10.4. The number of rotatable bonds is 4. The molecule has 0 aliphatic rings. The number of methoxy groups -OCH3 is 1. The molecule has 1 N–H and O–H groups in total. The largest absolute Gasteiger partial charge is 0.496 e. The third kappa shape index (κ3) is 3.19. The van der Waals surface area contributed by atoms with Gasteiger partial charge in [0.25, 0.3) is 5.91 Å². The molecule has 0 aliphatic heterocycles. The summed E-state index contributed by atoms with van der Waals surface area (Å²) in [6.45, 7) is 2.25. The predicted molar refractivity (Wildman–Crippen MR) is 79.8 cm³/mol. The second kappa shape index (κ2) is 6.09. The summed E-state index contributed by atoms with van der Waals surface area (Å²) in [5, 5.41) is 7.03. The van der Waals surface area contributed by atoms with Crippen LogP contribution in [-0.4, -0.2) is 22.8 Å². The van der Waals surface area contributed by atoms with Gasteiger partial charge in [0.15, 0.2) is 0 Å². The molecular weight excluding hydrogens is 322 g/mol. The molecule has 2 aromatic rings. The summed E-state index contributed by atoms with van der Waals surface area (Å²) in [6.07, 6.45) is 0. The van der Waals surface area contributed by atoms with Crippen LogP contribution >= 0.6 is 15.9 Å². The van der Waals surface area contributed by atoms with E-state index in [1.807, 2.05) is 25.1 Å². The van der Waals surface area contributed by atoms with Crippen LogP contribution < -0.4 is 10.1 Å². The first-order valence-electron chi connectivity index (χ1n) is 6.12. The maximum atomic E-state index is 12.1. The molecule has 2 rings (SSSR count). The van der Waals surface area contributed by atoms with Crippen LogP contribution in [-0.2, 0) is 13.6 Å². The molecule has 0 saturated carbocycles. The molecule has 0 fully saturated rings. The lowest BCUT2D eigenvalue weighted by molar-refractivity contribution is 0.0941. The SMILES string of the molecule is COc1ccc(Br)cc1CNC(=O)c1cc(C)nn1C. The molecule has 0 atom stereocenters. The first kappa shape index (κ1) is 14.6. The number of amides is 1. The fourth-order valence-electron chi connectivity index (χ4n) is 1.97. The summed E-state index contributed by atoms with van der Waals surface area (Å²) in [6, 6.07) is 7.44. The molecule has 106 valence electrons. The Morgan fingerprint density at radius 1 is 1.45 bits per heavy atom. The van der Waals surface area contributed by atoms with Gasteiger partial charge in [0.05, 0.1) is 12.8 Å². The Kier molecular flexibility index (Phi) is 4.44. The Morgan fingerprint density at radius 2 is 2.20 bits per heavy atom. The van der Waals surface area contributed by atoms with Crippen LogP contribution in [0.4, 0.5) is 0 Å². The standard InChI is InChI=1S/C14H16BrN3O2/c1-9-6-12(18(2)17-9)14(19)16-8-10-7-11(15)4-5-13(10)20-3/h4-7H,8H2,1-3H3,(H,16,19). The zero-order chi connectivity index (χ0) is 14.7. The summed E-state index contributed by atoms with van der Waals surface area (Å²) < 4.78 is 7.79. The Balaban J connectivity index is 2.11. The maximum Gasteiger partial charge on any atom is 0.269 e. The van der Waals surface area contributed by atoms with E-state index in [1.165, 1.54) is 0 Å². The van der Waals surface area contributed by atoms with Crippen LogP contribution in [0.5, 0.6) is 5.75 Å². The smallest absolute Gasteiger partial charge is 0.269 e. The van der Waals surface area contributed by atoms with Gasteiger partial charge in [0.1, 0.15) is 11.4 Å². The van der Waals surface area contributed by atoms with Crippen LogP contribution in [0.3, 0.4) is 0 Å². The third-order valence-corrected chi connectivity index (χ3v) is 3.41. The number of aromatic nitrogens is 2. The summed E-state index contributed by atoms with van der Waals surface area (Å²) >= 11 is 3.41. The van der Waals surface area contributed by atoms with Gasteiger partial charge in [-0.25, -0.2) is 0 Å². The molecule has 0 saturated heterocycles. The minimum atomic E-state index is -0.157. The summed E-state index contributed by atoms with van der Waals surface area (Å²) in [7, 11) is 3.36. The van der Waals surface area contributed by atoms with Crippen molar-refractivity contribution in [2.75, 3.05) is 7.11 Å². The van der Waals surface area contributed by atoms with Crippen molar-refractivity contribution in [2.24, 2.45) is 7.05 Å². The Labute approximate surface area is 126 Å². The van der Waals surface area contributed by atoms with Crippen LogP contribution in [0.15, 0.2) is 28.7 Å². The van der Waals surface area contributed by atoms with Gasteiger partial charge in [-0.15, -0.1) is 0 Å². The van der Waals surface area contributed by atoms with Crippen molar-refractivity contribution in [1.82, 2.24) is 15.1 Å². The van der Waals surface area contributed by atoms with Crippen molar-refractivity contribution in [3.8, 4) is 5.75 Å². The zero-order valence-electron chi connectivity index (χ0n) is 11.6. The highest BCUT2D eigenvalue weighted by atomic mass is 79.9. The number of halogens is 1. The molecular formula is C14H16BrN3O2.